The van der Waals surface area contributed by atoms with Crippen LogP contribution in [0.3, 0.4) is 0 Å². The van der Waals surface area contributed by atoms with Gasteiger partial charge in [0.2, 0.25) is 0 Å². The third kappa shape index (κ3) is 3.71. The SMILES string of the molecule is C=C(O)CC1CCC(O)C1C/C=C\CC. The molecule has 0 saturated heterocycles. The molecule has 0 amide bonds. The lowest BCUT2D eigenvalue weighted by atomic mass is 9.88. The predicted molar refractivity (Wildman–Crippen MR) is 62.7 cm³/mol. The van der Waals surface area contributed by atoms with Gasteiger partial charge in [-0.2, -0.15) is 0 Å². The summed E-state index contributed by atoms with van der Waals surface area (Å²) in [6.45, 7) is 5.64. The van der Waals surface area contributed by atoms with Gasteiger partial charge in [-0.3, -0.25) is 0 Å². The first-order valence-corrected chi connectivity index (χ1v) is 5.85. The van der Waals surface area contributed by atoms with Crippen molar-refractivity contribution in [1.29, 1.82) is 0 Å². The fraction of sp³-hybridized carbons (Fsp3) is 0.692. The van der Waals surface area contributed by atoms with E-state index >= 15 is 0 Å². The lowest BCUT2D eigenvalue weighted by molar-refractivity contribution is 0.116. The monoisotopic (exact) mass is 210 g/mol. The van der Waals surface area contributed by atoms with Crippen LogP contribution in [0.1, 0.15) is 39.0 Å². The minimum Gasteiger partial charge on any atom is -0.513 e. The van der Waals surface area contributed by atoms with Crippen LogP contribution in [-0.2, 0) is 0 Å². The fourth-order valence-electron chi connectivity index (χ4n) is 2.45. The Morgan fingerprint density at radius 3 is 2.73 bits per heavy atom. The standard InChI is InChI=1S/C13H22O2/c1-3-4-5-6-12-11(9-10(2)14)7-8-13(12)15/h4-5,11-15H,2-3,6-9H2,1H3/b5-4-. The van der Waals surface area contributed by atoms with Gasteiger partial charge in [0.15, 0.2) is 0 Å². The Morgan fingerprint density at radius 2 is 2.13 bits per heavy atom. The molecule has 0 spiro atoms. The van der Waals surface area contributed by atoms with Crippen molar-refractivity contribution < 1.29 is 10.2 Å². The van der Waals surface area contributed by atoms with Gasteiger partial charge in [0.05, 0.1) is 11.9 Å². The van der Waals surface area contributed by atoms with Gasteiger partial charge in [0.25, 0.3) is 0 Å². The van der Waals surface area contributed by atoms with Gasteiger partial charge in [0.1, 0.15) is 0 Å². The normalized spacial score (nSPS) is 31.2. The van der Waals surface area contributed by atoms with E-state index in [9.17, 15) is 10.2 Å². The molecule has 1 aliphatic carbocycles. The Labute approximate surface area is 92.3 Å². The van der Waals surface area contributed by atoms with E-state index in [0.29, 0.717) is 18.3 Å². The van der Waals surface area contributed by atoms with E-state index < -0.39 is 0 Å². The summed E-state index contributed by atoms with van der Waals surface area (Å²) >= 11 is 0. The van der Waals surface area contributed by atoms with Gasteiger partial charge < -0.3 is 10.2 Å². The van der Waals surface area contributed by atoms with Gasteiger partial charge in [0, 0.05) is 6.42 Å². The molecular weight excluding hydrogens is 188 g/mol. The minimum atomic E-state index is -0.198. The summed E-state index contributed by atoms with van der Waals surface area (Å²) in [7, 11) is 0. The Hall–Kier alpha value is -0.760. The first kappa shape index (κ1) is 12.3. The average Bonchev–Trinajstić information content (AvgIpc) is 2.49. The molecule has 3 atom stereocenters. The molecule has 1 aliphatic rings. The molecule has 0 aromatic carbocycles. The molecule has 1 fully saturated rings. The van der Waals surface area contributed by atoms with Crippen LogP contribution in [0.4, 0.5) is 0 Å². The van der Waals surface area contributed by atoms with Crippen LogP contribution in [-0.4, -0.2) is 16.3 Å². The molecule has 0 aliphatic heterocycles. The van der Waals surface area contributed by atoms with Gasteiger partial charge in [-0.25, -0.2) is 0 Å². The average molecular weight is 210 g/mol. The van der Waals surface area contributed by atoms with Crippen molar-refractivity contribution in [3.63, 3.8) is 0 Å². The van der Waals surface area contributed by atoms with Crippen LogP contribution < -0.4 is 0 Å². The van der Waals surface area contributed by atoms with E-state index in [4.69, 9.17) is 0 Å². The van der Waals surface area contributed by atoms with Gasteiger partial charge >= 0.3 is 0 Å². The quantitative estimate of drug-likeness (QED) is 0.540. The van der Waals surface area contributed by atoms with Gasteiger partial charge in [-0.1, -0.05) is 25.7 Å². The third-order valence-corrected chi connectivity index (χ3v) is 3.24. The number of rotatable bonds is 5. The molecule has 86 valence electrons. The molecule has 2 nitrogen and oxygen atoms in total. The summed E-state index contributed by atoms with van der Waals surface area (Å²) < 4.78 is 0. The second-order valence-corrected chi connectivity index (χ2v) is 4.45. The zero-order chi connectivity index (χ0) is 11.3. The number of allylic oxidation sites excluding steroid dienone is 3. The number of hydrogen-bond acceptors (Lipinski definition) is 2. The Kier molecular flexibility index (Phi) is 4.89. The highest BCUT2D eigenvalue weighted by Gasteiger charge is 2.33. The van der Waals surface area contributed by atoms with E-state index in [1.807, 2.05) is 0 Å². The molecular formula is C13H22O2. The third-order valence-electron chi connectivity index (χ3n) is 3.24. The van der Waals surface area contributed by atoms with E-state index in [1.54, 1.807) is 0 Å². The lowest BCUT2D eigenvalue weighted by Gasteiger charge is -2.20. The van der Waals surface area contributed by atoms with Crippen molar-refractivity contribution in [3.8, 4) is 0 Å². The van der Waals surface area contributed by atoms with E-state index in [0.717, 1.165) is 25.7 Å². The van der Waals surface area contributed by atoms with Crippen LogP contribution in [0.2, 0.25) is 0 Å². The summed E-state index contributed by atoms with van der Waals surface area (Å²) in [4.78, 5) is 0. The topological polar surface area (TPSA) is 40.5 Å². The van der Waals surface area contributed by atoms with E-state index in [1.165, 1.54) is 0 Å². The molecule has 1 rings (SSSR count). The maximum absolute atomic E-state index is 9.83. The van der Waals surface area contributed by atoms with Crippen LogP contribution in [0, 0.1) is 11.8 Å². The maximum atomic E-state index is 9.83. The second kappa shape index (κ2) is 5.96. The van der Waals surface area contributed by atoms with Crippen LogP contribution in [0.25, 0.3) is 0 Å². The first-order chi connectivity index (χ1) is 7.15. The molecule has 0 aromatic heterocycles. The number of hydrogen-bond donors (Lipinski definition) is 2. The highest BCUT2D eigenvalue weighted by molar-refractivity contribution is 4.95. The molecule has 2 N–H and O–H groups in total. The summed E-state index contributed by atoms with van der Waals surface area (Å²) in [6, 6.07) is 0. The molecule has 0 bridgehead atoms. The fourth-order valence-corrected chi connectivity index (χ4v) is 2.45. The summed E-state index contributed by atoms with van der Waals surface area (Å²) in [5.41, 5.74) is 0. The highest BCUT2D eigenvalue weighted by atomic mass is 16.3. The first-order valence-electron chi connectivity index (χ1n) is 5.85. The molecule has 2 heteroatoms. The van der Waals surface area contributed by atoms with E-state index in [-0.39, 0.29) is 11.9 Å². The summed E-state index contributed by atoms with van der Waals surface area (Å²) in [6.07, 6.45) is 8.56. The van der Waals surface area contributed by atoms with Crippen LogP contribution >= 0.6 is 0 Å². The molecule has 3 unspecified atom stereocenters. The summed E-state index contributed by atoms with van der Waals surface area (Å²) in [5.74, 6) is 0.953. The van der Waals surface area contributed by atoms with Crippen molar-refractivity contribution in [2.24, 2.45) is 11.8 Å². The lowest BCUT2D eigenvalue weighted by Crippen LogP contribution is -2.18. The van der Waals surface area contributed by atoms with Crippen LogP contribution in [0.5, 0.6) is 0 Å². The van der Waals surface area contributed by atoms with Crippen molar-refractivity contribution in [2.75, 3.05) is 0 Å². The number of aliphatic hydroxyl groups is 2. The van der Waals surface area contributed by atoms with Gasteiger partial charge in [-0.05, 0) is 37.5 Å². The van der Waals surface area contributed by atoms with Crippen LogP contribution in [0.15, 0.2) is 24.5 Å². The van der Waals surface area contributed by atoms with Crippen molar-refractivity contribution in [2.45, 2.75) is 45.1 Å². The predicted octanol–water partition coefficient (Wildman–Crippen LogP) is 3.19. The molecule has 15 heavy (non-hydrogen) atoms. The van der Waals surface area contributed by atoms with Crippen molar-refractivity contribution in [1.82, 2.24) is 0 Å². The smallest absolute Gasteiger partial charge is 0.0853 e. The Balaban J connectivity index is 2.48. The second-order valence-electron chi connectivity index (χ2n) is 4.45. The van der Waals surface area contributed by atoms with Crippen molar-refractivity contribution >= 4 is 0 Å². The van der Waals surface area contributed by atoms with E-state index in [2.05, 4.69) is 25.7 Å². The van der Waals surface area contributed by atoms with Crippen molar-refractivity contribution in [3.05, 3.63) is 24.5 Å². The minimum absolute atomic E-state index is 0.198. The molecule has 0 aromatic rings. The highest BCUT2D eigenvalue weighted by Crippen LogP contribution is 2.38. The summed E-state index contributed by atoms with van der Waals surface area (Å²) in [5, 5.41) is 19.0. The zero-order valence-electron chi connectivity index (χ0n) is 9.52. The van der Waals surface area contributed by atoms with Gasteiger partial charge in [-0.15, -0.1) is 0 Å². The molecule has 0 heterocycles. The number of aliphatic hydroxyl groups excluding tert-OH is 2. The molecule has 1 saturated carbocycles. The maximum Gasteiger partial charge on any atom is 0.0853 e. The Bertz CT molecular complexity index is 233. The zero-order valence-corrected chi connectivity index (χ0v) is 9.52. The largest absolute Gasteiger partial charge is 0.513 e. The Morgan fingerprint density at radius 1 is 1.40 bits per heavy atom. The molecule has 0 radical (unpaired) electrons.